The van der Waals surface area contributed by atoms with E-state index in [-0.39, 0.29) is 35.1 Å². The highest BCUT2D eigenvalue weighted by Crippen LogP contribution is 2.48. The van der Waals surface area contributed by atoms with E-state index in [0.717, 1.165) is 48.9 Å². The van der Waals surface area contributed by atoms with Gasteiger partial charge in [0.25, 0.3) is 5.56 Å². The van der Waals surface area contributed by atoms with Crippen LogP contribution in [0.25, 0.3) is 11.3 Å². The van der Waals surface area contributed by atoms with Crippen LogP contribution in [0.4, 0.5) is 11.4 Å². The molecule has 2 aliphatic rings. The largest absolute Gasteiger partial charge is 0.467 e. The number of fused-ring (bicyclic) bond motifs is 4. The highest BCUT2D eigenvalue weighted by atomic mass is 32.2. The van der Waals surface area contributed by atoms with E-state index in [4.69, 9.17) is 9.40 Å². The molecule has 0 aliphatic heterocycles. The third-order valence-corrected chi connectivity index (χ3v) is 8.97. The van der Waals surface area contributed by atoms with Gasteiger partial charge < -0.3 is 15.1 Å². The quantitative estimate of drug-likeness (QED) is 0.209. The summed E-state index contributed by atoms with van der Waals surface area (Å²) in [7, 11) is 0. The van der Waals surface area contributed by atoms with Crippen molar-refractivity contribution in [2.24, 2.45) is 0 Å². The molecule has 0 unspecified atom stereocenters. The summed E-state index contributed by atoms with van der Waals surface area (Å²) in [5.74, 6) is 0.355. The zero-order chi connectivity index (χ0) is 28.4. The number of anilines is 2. The molecule has 0 atom stereocenters. The summed E-state index contributed by atoms with van der Waals surface area (Å²) in [6.07, 6.45) is 7.78. The van der Waals surface area contributed by atoms with Crippen molar-refractivity contribution in [3.8, 4) is 11.3 Å². The first-order valence-electron chi connectivity index (χ1n) is 14.0. The lowest BCUT2D eigenvalue weighted by molar-refractivity contribution is -0.114. The smallest absolute Gasteiger partial charge is 0.258 e. The fourth-order valence-electron chi connectivity index (χ4n) is 6.20. The second kappa shape index (κ2) is 11.4. The average molecular weight is 569 g/mol. The molecule has 0 radical (unpaired) electrons. The van der Waals surface area contributed by atoms with Gasteiger partial charge in [0.05, 0.1) is 29.8 Å². The van der Waals surface area contributed by atoms with Crippen LogP contribution in [0.5, 0.6) is 0 Å². The zero-order valence-corrected chi connectivity index (χ0v) is 23.8. The van der Waals surface area contributed by atoms with E-state index in [2.05, 4.69) is 28.8 Å². The van der Waals surface area contributed by atoms with Gasteiger partial charge in [-0.05, 0) is 61.2 Å². The number of nitrogens with zero attached hydrogens (tertiary/aromatic N) is 2. The molecule has 0 saturated heterocycles. The van der Waals surface area contributed by atoms with Crippen molar-refractivity contribution in [3.63, 3.8) is 0 Å². The molecule has 6 rings (SSSR count). The number of thioether (sulfide) groups is 1. The lowest BCUT2D eigenvalue weighted by Crippen LogP contribution is -2.43. The number of hydrogen-bond acceptors (Lipinski definition) is 6. The standard InChI is InChI=1S/C32H32N4O4S/c1-21(37)33-23-11-13-24(14-12-23)34-27(38)20-41-31-35-29-26-10-4-3-8-22(26)18-32(15-5-2-6-16-32)28(29)30(39)36(31)19-25-9-7-17-40-25/h3-4,7-14,17H,2,5-6,15-16,18-20H2,1H3,(H,33,37)(H,34,38). The van der Waals surface area contributed by atoms with E-state index in [1.54, 1.807) is 35.1 Å². The van der Waals surface area contributed by atoms with Crippen molar-refractivity contribution in [3.05, 3.63) is 94.2 Å². The first kappa shape index (κ1) is 27.1. The lowest BCUT2D eigenvalue weighted by Gasteiger charge is -2.42. The summed E-state index contributed by atoms with van der Waals surface area (Å²) in [5.41, 5.74) is 4.81. The fourth-order valence-corrected chi connectivity index (χ4v) is 6.99. The van der Waals surface area contributed by atoms with E-state index in [1.807, 2.05) is 18.2 Å². The Bertz CT molecular complexity index is 1640. The molecule has 4 aromatic rings. The summed E-state index contributed by atoms with van der Waals surface area (Å²) in [5, 5.41) is 6.09. The van der Waals surface area contributed by atoms with Gasteiger partial charge in [-0.25, -0.2) is 4.98 Å². The molecule has 2 aromatic heterocycles. The minimum absolute atomic E-state index is 0.0423. The summed E-state index contributed by atoms with van der Waals surface area (Å²) in [6, 6.07) is 18.9. The van der Waals surface area contributed by atoms with Crippen LogP contribution < -0.4 is 16.2 Å². The Labute approximate surface area is 242 Å². The second-order valence-corrected chi connectivity index (χ2v) is 11.8. The van der Waals surface area contributed by atoms with Gasteiger partial charge >= 0.3 is 0 Å². The molecular formula is C32H32N4O4S. The maximum atomic E-state index is 14.4. The highest BCUT2D eigenvalue weighted by Gasteiger charge is 2.43. The number of nitrogens with one attached hydrogen (secondary N) is 2. The van der Waals surface area contributed by atoms with Gasteiger partial charge in [-0.1, -0.05) is 55.3 Å². The van der Waals surface area contributed by atoms with Gasteiger partial charge in [0.1, 0.15) is 5.76 Å². The Morgan fingerprint density at radius 2 is 1.71 bits per heavy atom. The summed E-state index contributed by atoms with van der Waals surface area (Å²) >= 11 is 1.25. The number of carbonyl (C=O) groups is 2. The molecular weight excluding hydrogens is 536 g/mol. The van der Waals surface area contributed by atoms with Crippen LogP contribution in [-0.4, -0.2) is 27.1 Å². The molecule has 2 aliphatic carbocycles. The normalized spacial score (nSPS) is 15.1. The fraction of sp³-hybridized carbons (Fsp3) is 0.312. The molecule has 2 N–H and O–H groups in total. The van der Waals surface area contributed by atoms with Crippen molar-refractivity contribution < 1.29 is 14.0 Å². The van der Waals surface area contributed by atoms with Crippen molar-refractivity contribution in [2.45, 2.75) is 62.6 Å². The minimum atomic E-state index is -0.221. The summed E-state index contributed by atoms with van der Waals surface area (Å²) in [6.45, 7) is 1.69. The Morgan fingerprint density at radius 3 is 2.41 bits per heavy atom. The first-order chi connectivity index (χ1) is 19.9. The number of furan rings is 1. The van der Waals surface area contributed by atoms with Crippen LogP contribution in [0.15, 0.2) is 81.3 Å². The van der Waals surface area contributed by atoms with E-state index in [0.29, 0.717) is 22.3 Å². The molecule has 0 bridgehead atoms. The van der Waals surface area contributed by atoms with Crippen LogP contribution in [0, 0.1) is 0 Å². The number of amides is 2. The van der Waals surface area contributed by atoms with Gasteiger partial charge in [0.2, 0.25) is 11.8 Å². The van der Waals surface area contributed by atoms with Gasteiger partial charge in [0, 0.05) is 29.3 Å². The van der Waals surface area contributed by atoms with Crippen LogP contribution >= 0.6 is 11.8 Å². The number of carbonyl (C=O) groups excluding carboxylic acids is 2. The van der Waals surface area contributed by atoms with Crippen molar-refractivity contribution in [1.29, 1.82) is 0 Å². The Hall–Kier alpha value is -4.11. The minimum Gasteiger partial charge on any atom is -0.467 e. The summed E-state index contributed by atoms with van der Waals surface area (Å²) in [4.78, 5) is 43.8. The highest BCUT2D eigenvalue weighted by molar-refractivity contribution is 7.99. The van der Waals surface area contributed by atoms with Crippen molar-refractivity contribution in [1.82, 2.24) is 9.55 Å². The van der Waals surface area contributed by atoms with Crippen LogP contribution in [0.1, 0.15) is 55.9 Å². The van der Waals surface area contributed by atoms with E-state index >= 15 is 0 Å². The third kappa shape index (κ3) is 5.59. The van der Waals surface area contributed by atoms with Gasteiger partial charge in [-0.3, -0.25) is 19.0 Å². The predicted octanol–water partition coefficient (Wildman–Crippen LogP) is 6.00. The third-order valence-electron chi connectivity index (χ3n) is 7.99. The van der Waals surface area contributed by atoms with Gasteiger partial charge in [-0.2, -0.15) is 0 Å². The van der Waals surface area contributed by atoms with Gasteiger partial charge in [0.15, 0.2) is 5.16 Å². The molecule has 9 heteroatoms. The number of aromatic nitrogens is 2. The SMILES string of the molecule is CC(=O)Nc1ccc(NC(=O)CSc2nc3c(c(=O)n2Cc2ccco2)C2(CCCCC2)Cc2ccccc2-3)cc1. The lowest BCUT2D eigenvalue weighted by atomic mass is 9.62. The van der Waals surface area contributed by atoms with Crippen LogP contribution in [0.2, 0.25) is 0 Å². The van der Waals surface area contributed by atoms with Crippen molar-refractivity contribution >= 4 is 35.0 Å². The predicted molar refractivity (Wildman–Crippen MR) is 160 cm³/mol. The summed E-state index contributed by atoms with van der Waals surface area (Å²) < 4.78 is 7.30. The van der Waals surface area contributed by atoms with Gasteiger partial charge in [-0.15, -0.1) is 0 Å². The number of rotatable bonds is 7. The Morgan fingerprint density at radius 1 is 0.976 bits per heavy atom. The Balaban J connectivity index is 1.34. The second-order valence-electron chi connectivity index (χ2n) is 10.9. The number of hydrogen-bond donors (Lipinski definition) is 2. The Kier molecular flexibility index (Phi) is 7.53. The van der Waals surface area contributed by atoms with Crippen LogP contribution in [0.3, 0.4) is 0 Å². The molecule has 2 amide bonds. The van der Waals surface area contributed by atoms with E-state index in [1.165, 1.54) is 30.7 Å². The molecule has 2 aromatic carbocycles. The molecule has 2 heterocycles. The maximum Gasteiger partial charge on any atom is 0.258 e. The molecule has 1 fully saturated rings. The average Bonchev–Trinajstić information content (AvgIpc) is 3.48. The first-order valence-corrected chi connectivity index (χ1v) is 15.0. The molecule has 1 saturated carbocycles. The molecule has 41 heavy (non-hydrogen) atoms. The van der Waals surface area contributed by atoms with E-state index < -0.39 is 0 Å². The maximum absolute atomic E-state index is 14.4. The van der Waals surface area contributed by atoms with Crippen LogP contribution in [-0.2, 0) is 28.0 Å². The number of benzene rings is 2. The monoisotopic (exact) mass is 568 g/mol. The molecule has 1 spiro atoms. The van der Waals surface area contributed by atoms with Crippen molar-refractivity contribution in [2.75, 3.05) is 16.4 Å². The zero-order valence-electron chi connectivity index (χ0n) is 22.9. The molecule has 210 valence electrons. The molecule has 8 nitrogen and oxygen atoms in total. The van der Waals surface area contributed by atoms with E-state index in [9.17, 15) is 14.4 Å². The topological polar surface area (TPSA) is 106 Å².